The Morgan fingerprint density at radius 3 is 2.74 bits per heavy atom. The molecule has 2 aromatic rings. The molecule has 19 heavy (non-hydrogen) atoms. The molecule has 0 radical (unpaired) electrons. The van der Waals surface area contributed by atoms with Crippen molar-refractivity contribution in [3.8, 4) is 0 Å². The van der Waals surface area contributed by atoms with Gasteiger partial charge in [0, 0.05) is 11.6 Å². The predicted octanol–water partition coefficient (Wildman–Crippen LogP) is 2.60. The van der Waals surface area contributed by atoms with Crippen LogP contribution < -0.4 is 11.1 Å². The van der Waals surface area contributed by atoms with E-state index in [1.165, 1.54) is 0 Å². The minimum absolute atomic E-state index is 0.265. The van der Waals surface area contributed by atoms with Gasteiger partial charge in [-0.2, -0.15) is 0 Å². The molecule has 1 fully saturated rings. The van der Waals surface area contributed by atoms with Crippen LogP contribution in [0.1, 0.15) is 18.4 Å². The molecule has 0 bridgehead atoms. The SMILES string of the molecule is NC(=O)C1(NCc2cc(Cl)cc3ccccc23)CC1. The summed E-state index contributed by atoms with van der Waals surface area (Å²) in [6.45, 7) is 0.601. The molecule has 1 amide bonds. The van der Waals surface area contributed by atoms with Crippen LogP contribution >= 0.6 is 11.6 Å². The lowest BCUT2D eigenvalue weighted by Crippen LogP contribution is -2.43. The smallest absolute Gasteiger partial charge is 0.237 e. The Hall–Kier alpha value is -1.58. The Balaban J connectivity index is 1.90. The van der Waals surface area contributed by atoms with Gasteiger partial charge in [0.2, 0.25) is 5.91 Å². The van der Waals surface area contributed by atoms with Crippen LogP contribution in [0, 0.1) is 0 Å². The first kappa shape index (κ1) is 12.5. The molecule has 3 N–H and O–H groups in total. The third kappa shape index (κ3) is 2.31. The van der Waals surface area contributed by atoms with Gasteiger partial charge in [0.25, 0.3) is 0 Å². The highest BCUT2D eigenvalue weighted by molar-refractivity contribution is 6.31. The summed E-state index contributed by atoms with van der Waals surface area (Å²) in [6, 6.07) is 12.0. The van der Waals surface area contributed by atoms with Crippen LogP contribution in [0.5, 0.6) is 0 Å². The predicted molar refractivity (Wildman–Crippen MR) is 77.0 cm³/mol. The van der Waals surface area contributed by atoms with Crippen LogP contribution in [0.2, 0.25) is 5.02 Å². The fourth-order valence-electron chi connectivity index (χ4n) is 2.40. The Kier molecular flexibility index (Phi) is 2.96. The van der Waals surface area contributed by atoms with E-state index < -0.39 is 5.54 Å². The van der Waals surface area contributed by atoms with Crippen molar-refractivity contribution in [3.05, 3.63) is 47.0 Å². The monoisotopic (exact) mass is 274 g/mol. The Morgan fingerprint density at radius 1 is 1.32 bits per heavy atom. The third-order valence-electron chi connectivity index (χ3n) is 3.75. The zero-order chi connectivity index (χ0) is 13.5. The maximum Gasteiger partial charge on any atom is 0.237 e. The second kappa shape index (κ2) is 4.51. The van der Waals surface area contributed by atoms with Gasteiger partial charge in [-0.15, -0.1) is 0 Å². The topological polar surface area (TPSA) is 55.1 Å². The van der Waals surface area contributed by atoms with Crippen molar-refractivity contribution in [2.75, 3.05) is 0 Å². The Morgan fingerprint density at radius 2 is 2.05 bits per heavy atom. The molecule has 0 atom stereocenters. The largest absolute Gasteiger partial charge is 0.368 e. The molecule has 3 nitrogen and oxygen atoms in total. The van der Waals surface area contributed by atoms with Crippen molar-refractivity contribution in [2.24, 2.45) is 5.73 Å². The Bertz CT molecular complexity index is 650. The molecule has 0 spiro atoms. The van der Waals surface area contributed by atoms with E-state index in [1.807, 2.05) is 30.3 Å². The maximum atomic E-state index is 11.4. The highest BCUT2D eigenvalue weighted by Gasteiger charge is 2.47. The molecule has 0 saturated heterocycles. The van der Waals surface area contributed by atoms with Crippen molar-refractivity contribution in [3.63, 3.8) is 0 Å². The van der Waals surface area contributed by atoms with Gasteiger partial charge in [-0.1, -0.05) is 35.9 Å². The highest BCUT2D eigenvalue weighted by atomic mass is 35.5. The summed E-state index contributed by atoms with van der Waals surface area (Å²) in [6.07, 6.45) is 1.64. The lowest BCUT2D eigenvalue weighted by Gasteiger charge is -2.15. The fourth-order valence-corrected chi connectivity index (χ4v) is 2.64. The number of hydrogen-bond donors (Lipinski definition) is 2. The third-order valence-corrected chi connectivity index (χ3v) is 3.97. The van der Waals surface area contributed by atoms with Crippen LogP contribution in [-0.4, -0.2) is 11.4 Å². The number of hydrogen-bond acceptors (Lipinski definition) is 2. The van der Waals surface area contributed by atoms with E-state index in [0.717, 1.165) is 29.2 Å². The normalized spacial score (nSPS) is 16.5. The van der Waals surface area contributed by atoms with Crippen molar-refractivity contribution in [1.82, 2.24) is 5.32 Å². The molecular formula is C15H15ClN2O. The van der Waals surface area contributed by atoms with E-state index in [1.54, 1.807) is 0 Å². The summed E-state index contributed by atoms with van der Waals surface area (Å²) < 4.78 is 0. The lowest BCUT2D eigenvalue weighted by atomic mass is 10.0. The van der Waals surface area contributed by atoms with E-state index in [-0.39, 0.29) is 5.91 Å². The molecule has 1 saturated carbocycles. The molecular weight excluding hydrogens is 260 g/mol. The fraction of sp³-hybridized carbons (Fsp3) is 0.267. The summed E-state index contributed by atoms with van der Waals surface area (Å²) in [5.41, 5.74) is 6.01. The van der Waals surface area contributed by atoms with E-state index >= 15 is 0 Å². The lowest BCUT2D eigenvalue weighted by molar-refractivity contribution is -0.121. The van der Waals surface area contributed by atoms with E-state index in [9.17, 15) is 4.79 Å². The van der Waals surface area contributed by atoms with Gasteiger partial charge in [0.05, 0.1) is 5.54 Å². The van der Waals surface area contributed by atoms with Crippen LogP contribution in [0.25, 0.3) is 10.8 Å². The number of amides is 1. The number of nitrogens with two attached hydrogens (primary N) is 1. The van der Waals surface area contributed by atoms with Gasteiger partial charge in [-0.3, -0.25) is 10.1 Å². The second-order valence-electron chi connectivity index (χ2n) is 5.09. The molecule has 98 valence electrons. The number of primary amides is 1. The molecule has 0 unspecified atom stereocenters. The zero-order valence-corrected chi connectivity index (χ0v) is 11.2. The highest BCUT2D eigenvalue weighted by Crippen LogP contribution is 2.35. The summed E-state index contributed by atoms with van der Waals surface area (Å²) in [5.74, 6) is -0.265. The molecule has 0 aromatic heterocycles. The van der Waals surface area contributed by atoms with Gasteiger partial charge < -0.3 is 5.73 Å². The number of fused-ring (bicyclic) bond motifs is 1. The number of nitrogens with one attached hydrogen (secondary N) is 1. The van der Waals surface area contributed by atoms with Crippen molar-refractivity contribution < 1.29 is 4.79 Å². The summed E-state index contributed by atoms with van der Waals surface area (Å²) >= 11 is 6.13. The van der Waals surface area contributed by atoms with Crippen LogP contribution in [0.3, 0.4) is 0 Å². The number of carbonyl (C=O) groups is 1. The second-order valence-corrected chi connectivity index (χ2v) is 5.52. The molecule has 0 heterocycles. The first-order valence-corrected chi connectivity index (χ1v) is 6.71. The molecule has 0 aliphatic heterocycles. The van der Waals surface area contributed by atoms with Gasteiger partial charge in [-0.25, -0.2) is 0 Å². The van der Waals surface area contributed by atoms with Crippen LogP contribution in [0.15, 0.2) is 36.4 Å². The first-order valence-electron chi connectivity index (χ1n) is 6.33. The van der Waals surface area contributed by atoms with E-state index in [4.69, 9.17) is 17.3 Å². The molecule has 4 heteroatoms. The first-order chi connectivity index (χ1) is 9.11. The number of rotatable bonds is 4. The maximum absolute atomic E-state index is 11.4. The van der Waals surface area contributed by atoms with Gasteiger partial charge in [0.15, 0.2) is 0 Å². The summed E-state index contributed by atoms with van der Waals surface area (Å²) in [7, 11) is 0. The molecule has 1 aliphatic rings. The van der Waals surface area contributed by atoms with Crippen LogP contribution in [0.4, 0.5) is 0 Å². The van der Waals surface area contributed by atoms with Gasteiger partial charge in [0.1, 0.15) is 0 Å². The molecule has 1 aliphatic carbocycles. The van der Waals surface area contributed by atoms with Crippen molar-refractivity contribution in [1.29, 1.82) is 0 Å². The number of carbonyl (C=O) groups excluding carboxylic acids is 1. The standard InChI is InChI=1S/C15H15ClN2O/c16-12-7-10-3-1-2-4-13(10)11(8-12)9-18-15(5-6-15)14(17)19/h1-4,7-8,18H,5-6,9H2,(H2,17,19). The summed E-state index contributed by atoms with van der Waals surface area (Å²) in [4.78, 5) is 11.4. The van der Waals surface area contributed by atoms with E-state index in [2.05, 4.69) is 11.4 Å². The molecule has 3 rings (SSSR count). The Labute approximate surface area is 116 Å². The van der Waals surface area contributed by atoms with Crippen molar-refractivity contribution >= 4 is 28.3 Å². The quantitative estimate of drug-likeness (QED) is 0.900. The van der Waals surface area contributed by atoms with Gasteiger partial charge in [-0.05, 0) is 41.3 Å². The minimum Gasteiger partial charge on any atom is -0.368 e. The summed E-state index contributed by atoms with van der Waals surface area (Å²) in [5, 5.41) is 6.24. The van der Waals surface area contributed by atoms with Gasteiger partial charge >= 0.3 is 0 Å². The van der Waals surface area contributed by atoms with Crippen molar-refractivity contribution in [2.45, 2.75) is 24.9 Å². The average molecular weight is 275 g/mol. The molecule has 2 aromatic carbocycles. The zero-order valence-electron chi connectivity index (χ0n) is 10.4. The average Bonchev–Trinajstić information content (AvgIpc) is 3.17. The minimum atomic E-state index is -0.497. The van der Waals surface area contributed by atoms with E-state index in [0.29, 0.717) is 11.6 Å². The number of benzene rings is 2. The number of halogens is 1. The van der Waals surface area contributed by atoms with Crippen LogP contribution in [-0.2, 0) is 11.3 Å².